The molecule has 0 aliphatic rings. The molecule has 2 amide bonds. The Morgan fingerprint density at radius 3 is 2.57 bits per heavy atom. The van der Waals surface area contributed by atoms with Gasteiger partial charge in [0.2, 0.25) is 0 Å². The summed E-state index contributed by atoms with van der Waals surface area (Å²) in [5.74, 6) is -1.68. The Bertz CT molecular complexity index is 576. The monoisotopic (exact) mass is 289 g/mol. The Kier molecular flexibility index (Phi) is 5.73. The predicted octanol–water partition coefficient (Wildman–Crippen LogP) is 2.34. The zero-order chi connectivity index (χ0) is 16.0. The maximum absolute atomic E-state index is 11.8. The van der Waals surface area contributed by atoms with Crippen LogP contribution in [-0.2, 0) is 4.79 Å². The molecular weight excluding hydrogens is 270 g/mol. The topological polar surface area (TPSA) is 102 Å². The normalized spacial score (nSPS) is 11.6. The summed E-state index contributed by atoms with van der Waals surface area (Å²) in [5.41, 5.74) is 1.57. The molecule has 6 heteroatoms. The average Bonchev–Trinajstić information content (AvgIpc) is 2.38. The SMILES string of the molecule is Cc1cccc(NC(=O)NCC(C(=O)O)C(C)C)c1C#N. The van der Waals surface area contributed by atoms with Crippen LogP contribution in [0.3, 0.4) is 0 Å². The number of nitrogens with one attached hydrogen (secondary N) is 2. The summed E-state index contributed by atoms with van der Waals surface area (Å²) in [6.07, 6.45) is 0. The summed E-state index contributed by atoms with van der Waals surface area (Å²) in [6.45, 7) is 5.38. The van der Waals surface area contributed by atoms with Gasteiger partial charge in [-0.2, -0.15) is 5.26 Å². The number of carboxylic acids is 1. The molecule has 0 fully saturated rings. The molecule has 0 aliphatic heterocycles. The minimum absolute atomic E-state index is 0.0343. The van der Waals surface area contributed by atoms with Gasteiger partial charge in [0.25, 0.3) is 0 Å². The molecule has 0 saturated heterocycles. The van der Waals surface area contributed by atoms with E-state index in [-0.39, 0.29) is 12.5 Å². The van der Waals surface area contributed by atoms with E-state index in [0.717, 1.165) is 5.56 Å². The van der Waals surface area contributed by atoms with E-state index >= 15 is 0 Å². The molecule has 0 radical (unpaired) electrons. The Labute approximate surface area is 123 Å². The maximum atomic E-state index is 11.8. The zero-order valence-electron chi connectivity index (χ0n) is 12.3. The Morgan fingerprint density at radius 2 is 2.05 bits per heavy atom. The molecular formula is C15H19N3O3. The molecule has 0 spiro atoms. The van der Waals surface area contributed by atoms with Crippen molar-refractivity contribution in [2.75, 3.05) is 11.9 Å². The van der Waals surface area contributed by atoms with Gasteiger partial charge < -0.3 is 15.7 Å². The second-order valence-electron chi connectivity index (χ2n) is 5.13. The van der Waals surface area contributed by atoms with Crippen LogP contribution in [0.15, 0.2) is 18.2 Å². The van der Waals surface area contributed by atoms with Crippen molar-refractivity contribution in [1.82, 2.24) is 5.32 Å². The molecule has 6 nitrogen and oxygen atoms in total. The molecule has 0 aliphatic carbocycles. The number of urea groups is 1. The first-order valence-corrected chi connectivity index (χ1v) is 6.64. The molecule has 0 aromatic heterocycles. The minimum Gasteiger partial charge on any atom is -0.481 e. The standard InChI is InChI=1S/C15H19N3O3/c1-9(2)12(14(19)20)8-17-15(21)18-13-6-4-5-10(3)11(13)7-16/h4-6,9,12H,8H2,1-3H3,(H,19,20)(H2,17,18,21). The minimum atomic E-state index is -0.946. The van der Waals surface area contributed by atoms with Gasteiger partial charge in [0, 0.05) is 6.54 Å². The number of amides is 2. The number of nitriles is 1. The fourth-order valence-corrected chi connectivity index (χ4v) is 1.90. The molecule has 112 valence electrons. The van der Waals surface area contributed by atoms with Gasteiger partial charge >= 0.3 is 12.0 Å². The highest BCUT2D eigenvalue weighted by atomic mass is 16.4. The first-order valence-electron chi connectivity index (χ1n) is 6.64. The van der Waals surface area contributed by atoms with Gasteiger partial charge in [0.05, 0.1) is 17.2 Å². The van der Waals surface area contributed by atoms with Gasteiger partial charge in [0.15, 0.2) is 0 Å². The highest BCUT2D eigenvalue weighted by Crippen LogP contribution is 2.18. The van der Waals surface area contributed by atoms with E-state index in [1.54, 1.807) is 39.0 Å². The number of benzene rings is 1. The number of carboxylic acid groups (broad SMARTS) is 1. The number of aryl methyl sites for hydroxylation is 1. The van der Waals surface area contributed by atoms with Crippen molar-refractivity contribution in [3.05, 3.63) is 29.3 Å². The van der Waals surface area contributed by atoms with Crippen molar-refractivity contribution >= 4 is 17.7 Å². The van der Waals surface area contributed by atoms with Crippen molar-refractivity contribution in [1.29, 1.82) is 5.26 Å². The van der Waals surface area contributed by atoms with Crippen molar-refractivity contribution in [2.24, 2.45) is 11.8 Å². The predicted molar refractivity (Wildman–Crippen MR) is 78.9 cm³/mol. The largest absolute Gasteiger partial charge is 0.481 e. The molecule has 1 aromatic carbocycles. The zero-order valence-corrected chi connectivity index (χ0v) is 12.3. The highest BCUT2D eigenvalue weighted by molar-refractivity contribution is 5.91. The number of nitrogens with zero attached hydrogens (tertiary/aromatic N) is 1. The van der Waals surface area contributed by atoms with Crippen molar-refractivity contribution < 1.29 is 14.7 Å². The van der Waals surface area contributed by atoms with Crippen LogP contribution < -0.4 is 10.6 Å². The van der Waals surface area contributed by atoms with E-state index in [4.69, 9.17) is 10.4 Å². The summed E-state index contributed by atoms with van der Waals surface area (Å²) >= 11 is 0. The van der Waals surface area contributed by atoms with E-state index < -0.39 is 17.9 Å². The average molecular weight is 289 g/mol. The molecule has 1 rings (SSSR count). The van der Waals surface area contributed by atoms with E-state index in [2.05, 4.69) is 10.6 Å². The van der Waals surface area contributed by atoms with E-state index in [1.807, 2.05) is 6.07 Å². The number of carbonyl (C=O) groups excluding carboxylic acids is 1. The Hall–Kier alpha value is -2.55. The van der Waals surface area contributed by atoms with E-state index in [0.29, 0.717) is 11.3 Å². The third kappa shape index (κ3) is 4.49. The first kappa shape index (κ1) is 16.5. The molecule has 0 heterocycles. The van der Waals surface area contributed by atoms with Crippen LogP contribution >= 0.6 is 0 Å². The van der Waals surface area contributed by atoms with Crippen LogP contribution in [0.2, 0.25) is 0 Å². The third-order valence-corrected chi connectivity index (χ3v) is 3.24. The number of hydrogen-bond donors (Lipinski definition) is 3. The van der Waals surface area contributed by atoms with Crippen LogP contribution in [0.25, 0.3) is 0 Å². The van der Waals surface area contributed by atoms with Gasteiger partial charge in [0.1, 0.15) is 6.07 Å². The second-order valence-corrected chi connectivity index (χ2v) is 5.13. The van der Waals surface area contributed by atoms with Crippen LogP contribution in [0, 0.1) is 30.1 Å². The smallest absolute Gasteiger partial charge is 0.319 e. The number of anilines is 1. The fraction of sp³-hybridized carbons (Fsp3) is 0.400. The number of carbonyl (C=O) groups is 2. The van der Waals surface area contributed by atoms with Crippen LogP contribution in [-0.4, -0.2) is 23.7 Å². The maximum Gasteiger partial charge on any atom is 0.319 e. The molecule has 3 N–H and O–H groups in total. The van der Waals surface area contributed by atoms with Gasteiger partial charge in [-0.15, -0.1) is 0 Å². The lowest BCUT2D eigenvalue weighted by molar-refractivity contribution is -0.142. The highest BCUT2D eigenvalue weighted by Gasteiger charge is 2.22. The lowest BCUT2D eigenvalue weighted by atomic mass is 9.96. The Morgan fingerprint density at radius 1 is 1.38 bits per heavy atom. The Balaban J connectivity index is 2.69. The lowest BCUT2D eigenvalue weighted by Crippen LogP contribution is -2.37. The van der Waals surface area contributed by atoms with Crippen LogP contribution in [0.4, 0.5) is 10.5 Å². The van der Waals surface area contributed by atoms with Gasteiger partial charge in [-0.05, 0) is 24.5 Å². The first-order chi connectivity index (χ1) is 9.86. The molecule has 0 saturated carbocycles. The van der Waals surface area contributed by atoms with Crippen molar-refractivity contribution in [3.63, 3.8) is 0 Å². The van der Waals surface area contributed by atoms with Crippen molar-refractivity contribution in [2.45, 2.75) is 20.8 Å². The quantitative estimate of drug-likeness (QED) is 0.774. The lowest BCUT2D eigenvalue weighted by Gasteiger charge is -2.17. The summed E-state index contributed by atoms with van der Waals surface area (Å²) in [7, 11) is 0. The van der Waals surface area contributed by atoms with Gasteiger partial charge in [-0.25, -0.2) is 4.79 Å². The summed E-state index contributed by atoms with van der Waals surface area (Å²) in [6, 6.07) is 6.65. The number of hydrogen-bond acceptors (Lipinski definition) is 3. The van der Waals surface area contributed by atoms with Crippen LogP contribution in [0.5, 0.6) is 0 Å². The summed E-state index contributed by atoms with van der Waals surface area (Å²) in [4.78, 5) is 22.9. The molecule has 0 bridgehead atoms. The molecule has 1 unspecified atom stereocenters. The molecule has 21 heavy (non-hydrogen) atoms. The van der Waals surface area contributed by atoms with Crippen molar-refractivity contribution in [3.8, 4) is 6.07 Å². The fourth-order valence-electron chi connectivity index (χ4n) is 1.90. The second kappa shape index (κ2) is 7.29. The summed E-state index contributed by atoms with van der Waals surface area (Å²) in [5, 5.41) is 23.2. The van der Waals surface area contributed by atoms with E-state index in [1.165, 1.54) is 0 Å². The molecule has 1 aromatic rings. The molecule has 1 atom stereocenters. The number of rotatable bonds is 5. The van der Waals surface area contributed by atoms with Gasteiger partial charge in [-0.3, -0.25) is 4.79 Å². The van der Waals surface area contributed by atoms with E-state index in [9.17, 15) is 9.59 Å². The third-order valence-electron chi connectivity index (χ3n) is 3.24. The van der Waals surface area contributed by atoms with Gasteiger partial charge in [-0.1, -0.05) is 26.0 Å². The summed E-state index contributed by atoms with van der Waals surface area (Å²) < 4.78 is 0. The number of aliphatic carboxylic acids is 1. The van der Waals surface area contributed by atoms with Crippen LogP contribution in [0.1, 0.15) is 25.0 Å².